The molecule has 408 valence electrons. The van der Waals surface area contributed by atoms with Crippen molar-refractivity contribution in [2.45, 2.75) is 309 Å². The monoisotopic (exact) mass is 1100 g/mol. The van der Waals surface area contributed by atoms with E-state index in [1.165, 1.54) is 170 Å². The molecule has 4 nitrogen and oxygen atoms in total. The maximum Gasteiger partial charge on any atom is 4.00 e. The summed E-state index contributed by atoms with van der Waals surface area (Å²) >= 11 is 0. The fraction of sp³-hybridized carbons (Fsp3) is 0.750. The maximum atomic E-state index is 5.45. The van der Waals surface area contributed by atoms with E-state index in [1.54, 1.807) is 0 Å². The van der Waals surface area contributed by atoms with Crippen LogP contribution in [0.15, 0.2) is 91.2 Å². The van der Waals surface area contributed by atoms with Gasteiger partial charge < -0.3 is 21.3 Å². The molecule has 0 saturated heterocycles. The Hall–Kier alpha value is -0.658. The van der Waals surface area contributed by atoms with Gasteiger partial charge >= 0.3 is 21.7 Å². The van der Waals surface area contributed by atoms with E-state index in [0.717, 1.165) is 0 Å². The Balaban J connectivity index is 0.000000210. The zero-order valence-electron chi connectivity index (χ0n) is 52.2. The number of allylic oxidation sites excluding steroid dienone is 8. The van der Waals surface area contributed by atoms with E-state index in [2.05, 4.69) is 187 Å². The van der Waals surface area contributed by atoms with Gasteiger partial charge in [0.05, 0.1) is 0 Å². The van der Waals surface area contributed by atoms with Crippen LogP contribution in [0.2, 0.25) is 52.4 Å². The molecule has 0 aromatic rings. The molecule has 0 amide bonds. The molecule has 4 saturated carbocycles. The average molecular weight is 1100 g/mol. The van der Waals surface area contributed by atoms with Crippen molar-refractivity contribution in [1.82, 2.24) is 0 Å². The molecule has 0 bridgehead atoms. The predicted octanol–water partition coefficient (Wildman–Crippen LogP) is 19.0. The second-order valence-electron chi connectivity index (χ2n) is 27.2. The van der Waals surface area contributed by atoms with Gasteiger partial charge in [-0.15, -0.1) is 20.6 Å². The largest absolute Gasteiger partial charge is 4.00 e. The molecule has 0 spiro atoms. The van der Waals surface area contributed by atoms with Crippen LogP contribution in [0.25, 0.3) is 21.3 Å². The maximum absolute atomic E-state index is 5.45. The van der Waals surface area contributed by atoms with Gasteiger partial charge in [0.15, 0.2) is 0 Å². The van der Waals surface area contributed by atoms with Crippen molar-refractivity contribution in [3.05, 3.63) is 112 Å². The summed E-state index contributed by atoms with van der Waals surface area (Å²) in [6.45, 7) is 56.1. The van der Waals surface area contributed by atoms with Crippen LogP contribution in [0.1, 0.15) is 214 Å². The third kappa shape index (κ3) is 13.5. The van der Waals surface area contributed by atoms with E-state index < -0.39 is 35.2 Å². The number of hydrogen-bond acceptors (Lipinski definition) is 0. The van der Waals surface area contributed by atoms with Gasteiger partial charge in [0, 0.05) is 35.2 Å². The Morgan fingerprint density at radius 1 is 0.288 bits per heavy atom. The Bertz CT molecular complexity index is 1920. The van der Waals surface area contributed by atoms with Crippen molar-refractivity contribution in [2.75, 3.05) is 0 Å². The van der Waals surface area contributed by atoms with Crippen molar-refractivity contribution >= 4 is 35.2 Å². The summed E-state index contributed by atoms with van der Waals surface area (Å²) in [5, 5.41) is 23.2. The third-order valence-electron chi connectivity index (χ3n) is 21.6. The normalized spacial score (nSPS) is 31.0. The van der Waals surface area contributed by atoms with Gasteiger partial charge in [-0.05, 0) is 83.1 Å². The van der Waals surface area contributed by atoms with Gasteiger partial charge in [0.2, 0.25) is 0 Å². The van der Waals surface area contributed by atoms with Crippen LogP contribution in [0.3, 0.4) is 0 Å². The Labute approximate surface area is 474 Å². The molecule has 4 atom stereocenters. The summed E-state index contributed by atoms with van der Waals surface area (Å²) in [6, 6.07) is 0. The summed E-state index contributed by atoms with van der Waals surface area (Å²) in [5.41, 5.74) is 17.4. The SMILES string of the molecule is CC1=CC(C)([N-]C2([SiH](C)C)CCCC2)C(C)=C1C.CC1=CC(C)([N-]C2([SiH](C)C)CCCC2)C(C)=C1C.CC1=CC(C)([N-]C2([SiH](C)C)CCCC2)C(C)=C1C.CC1=CC(C)([N-]C2([SiH](C)C)CCCC2)C(C)=C1C.[Ti+4]. The van der Waals surface area contributed by atoms with Gasteiger partial charge in [-0.1, -0.05) is 296 Å². The quantitative estimate of drug-likeness (QED) is 0.175. The van der Waals surface area contributed by atoms with Crippen molar-refractivity contribution < 1.29 is 21.7 Å². The first kappa shape index (κ1) is 64.9. The van der Waals surface area contributed by atoms with E-state index in [1.807, 2.05) is 0 Å². The van der Waals surface area contributed by atoms with Crippen LogP contribution >= 0.6 is 0 Å². The minimum atomic E-state index is -0.745. The van der Waals surface area contributed by atoms with Crippen molar-refractivity contribution in [2.24, 2.45) is 0 Å². The molecule has 0 heterocycles. The summed E-state index contributed by atoms with van der Waals surface area (Å²) in [6.07, 6.45) is 31.4. The van der Waals surface area contributed by atoms with Crippen LogP contribution < -0.4 is 0 Å². The molecule has 73 heavy (non-hydrogen) atoms. The summed E-state index contributed by atoms with van der Waals surface area (Å²) in [4.78, 5) is 0. The Morgan fingerprint density at radius 2 is 0.425 bits per heavy atom. The number of hydrogen-bond donors (Lipinski definition) is 0. The molecule has 0 N–H and O–H groups in total. The van der Waals surface area contributed by atoms with Crippen LogP contribution in [0, 0.1) is 0 Å². The summed E-state index contributed by atoms with van der Waals surface area (Å²) < 4.78 is 0. The summed E-state index contributed by atoms with van der Waals surface area (Å²) in [5.74, 6) is 0. The van der Waals surface area contributed by atoms with E-state index in [9.17, 15) is 0 Å². The second-order valence-corrected chi connectivity index (χ2v) is 40.7. The zero-order valence-corrected chi connectivity index (χ0v) is 58.4. The van der Waals surface area contributed by atoms with Crippen molar-refractivity contribution in [3.63, 3.8) is 0 Å². The molecule has 0 aliphatic heterocycles. The van der Waals surface area contributed by atoms with Crippen LogP contribution in [0.4, 0.5) is 0 Å². The minimum Gasteiger partial charge on any atom is -0.647 e. The molecule has 0 aromatic carbocycles. The molecule has 8 rings (SSSR count). The minimum absolute atomic E-state index is 0. The van der Waals surface area contributed by atoms with E-state index in [0.29, 0.717) is 20.6 Å². The first-order valence-corrected chi connectivity index (χ1v) is 41.2. The van der Waals surface area contributed by atoms with Crippen molar-refractivity contribution in [3.8, 4) is 0 Å². The van der Waals surface area contributed by atoms with Crippen LogP contribution in [-0.4, -0.2) is 78.0 Å². The molecule has 0 radical (unpaired) electrons. The average Bonchev–Trinajstić information content (AvgIpc) is 4.20. The first-order chi connectivity index (χ1) is 33.2. The molecule has 8 aliphatic rings. The topological polar surface area (TPSA) is 56.4 Å². The molecule has 8 aliphatic carbocycles. The molecule has 0 aromatic heterocycles. The van der Waals surface area contributed by atoms with Gasteiger partial charge in [0.1, 0.15) is 0 Å². The standard InChI is InChI=1S/4C16H28NSi.Ti/c4*1-12-11-15(4,14(3)13(12)2)17-16(18(5)6)9-7-8-10-16;/h4*11,18H,7-10H2,1-6H3;/q4*-1;+4. The second kappa shape index (κ2) is 24.8. The van der Waals surface area contributed by atoms with E-state index in [4.69, 9.17) is 21.3 Å². The molecular weight excluding hydrogens is 985 g/mol. The predicted molar refractivity (Wildman–Crippen MR) is 336 cm³/mol. The van der Waals surface area contributed by atoms with Gasteiger partial charge in [0.25, 0.3) is 0 Å². The molecular formula is C64H112N4Si4Ti. The van der Waals surface area contributed by atoms with E-state index >= 15 is 0 Å². The number of nitrogens with zero attached hydrogens (tertiary/aromatic N) is 4. The fourth-order valence-corrected chi connectivity index (χ4v) is 23.1. The third-order valence-corrected chi connectivity index (χ3v) is 33.1. The smallest absolute Gasteiger partial charge is 0.647 e. The Kier molecular flexibility index (Phi) is 22.0. The van der Waals surface area contributed by atoms with E-state index in [-0.39, 0.29) is 43.9 Å². The fourth-order valence-electron chi connectivity index (χ4n) is 14.8. The van der Waals surface area contributed by atoms with Crippen molar-refractivity contribution in [1.29, 1.82) is 0 Å². The Morgan fingerprint density at radius 3 is 0.521 bits per heavy atom. The first-order valence-electron chi connectivity index (χ1n) is 29.7. The summed E-state index contributed by atoms with van der Waals surface area (Å²) in [7, 11) is -2.98. The zero-order chi connectivity index (χ0) is 54.2. The van der Waals surface area contributed by atoms with Gasteiger partial charge in [-0.2, -0.15) is 0 Å². The van der Waals surface area contributed by atoms with Crippen LogP contribution in [-0.2, 0) is 21.7 Å². The number of rotatable bonds is 12. The molecule has 9 heteroatoms. The molecule has 4 unspecified atom stereocenters. The van der Waals surface area contributed by atoms with Gasteiger partial charge in [-0.3, -0.25) is 0 Å². The van der Waals surface area contributed by atoms with Crippen LogP contribution in [0.5, 0.6) is 0 Å². The molecule has 4 fully saturated rings. The van der Waals surface area contributed by atoms with Gasteiger partial charge in [-0.25, -0.2) is 0 Å².